The summed E-state index contributed by atoms with van der Waals surface area (Å²) < 4.78 is 13.3. The molecule has 136 valence electrons. The fourth-order valence-electron chi connectivity index (χ4n) is 3.12. The van der Waals surface area contributed by atoms with Crippen molar-refractivity contribution in [2.45, 2.75) is 45.7 Å². The first kappa shape index (κ1) is 19.1. The fourth-order valence-corrected chi connectivity index (χ4v) is 3.12. The largest absolute Gasteiger partial charge is 0.480 e. The minimum atomic E-state index is -0.777. The Balaban J connectivity index is 2.05. The van der Waals surface area contributed by atoms with E-state index < -0.39 is 12.0 Å². The van der Waals surface area contributed by atoms with Gasteiger partial charge in [-0.25, -0.2) is 4.39 Å². The zero-order chi connectivity index (χ0) is 18.4. The molecule has 2 aromatic rings. The molecule has 0 fully saturated rings. The van der Waals surface area contributed by atoms with Crippen LogP contribution in [-0.4, -0.2) is 46.1 Å². The number of hydrogen-bond acceptors (Lipinski definition) is 4. The van der Waals surface area contributed by atoms with Crippen LogP contribution in [0.2, 0.25) is 0 Å². The van der Waals surface area contributed by atoms with Crippen molar-refractivity contribution in [3.05, 3.63) is 36.3 Å². The van der Waals surface area contributed by atoms with Crippen molar-refractivity contribution < 1.29 is 14.3 Å². The van der Waals surface area contributed by atoms with Gasteiger partial charge in [-0.05, 0) is 51.1 Å². The van der Waals surface area contributed by atoms with Gasteiger partial charge < -0.3 is 10.4 Å². The van der Waals surface area contributed by atoms with Crippen molar-refractivity contribution in [1.82, 2.24) is 9.88 Å². The Morgan fingerprint density at radius 2 is 2.00 bits per heavy atom. The van der Waals surface area contributed by atoms with E-state index in [1.807, 2.05) is 31.7 Å². The molecule has 1 aromatic heterocycles. The number of pyridine rings is 1. The van der Waals surface area contributed by atoms with Crippen LogP contribution in [0.1, 0.15) is 33.6 Å². The summed E-state index contributed by atoms with van der Waals surface area (Å²) in [5.74, 6) is -1.09. The highest BCUT2D eigenvalue weighted by molar-refractivity contribution is 5.91. The number of likely N-dealkylation sites (N-methyl/N-ethyl adjacent to an activating group) is 1. The number of aromatic nitrogens is 1. The van der Waals surface area contributed by atoms with Gasteiger partial charge in [0.2, 0.25) is 0 Å². The van der Waals surface area contributed by atoms with Crippen LogP contribution >= 0.6 is 0 Å². The van der Waals surface area contributed by atoms with Crippen LogP contribution in [0.15, 0.2) is 30.5 Å². The van der Waals surface area contributed by atoms with Gasteiger partial charge in [-0.2, -0.15) is 0 Å². The molecule has 1 aromatic carbocycles. The Hall–Kier alpha value is -2.21. The number of rotatable bonds is 9. The van der Waals surface area contributed by atoms with Crippen molar-refractivity contribution in [3.8, 4) is 0 Å². The summed E-state index contributed by atoms with van der Waals surface area (Å²) in [4.78, 5) is 17.7. The maximum absolute atomic E-state index is 13.3. The molecule has 6 heteroatoms. The minimum Gasteiger partial charge on any atom is -0.480 e. The molecule has 2 N–H and O–H groups in total. The van der Waals surface area contributed by atoms with Gasteiger partial charge in [0, 0.05) is 29.4 Å². The van der Waals surface area contributed by atoms with Crippen LogP contribution in [0.4, 0.5) is 10.1 Å². The molecule has 0 saturated heterocycles. The second-order valence-corrected chi connectivity index (χ2v) is 6.22. The summed E-state index contributed by atoms with van der Waals surface area (Å²) in [7, 11) is 0. The molecule has 0 aliphatic rings. The summed E-state index contributed by atoms with van der Waals surface area (Å²) in [6.45, 7) is 7.41. The molecule has 0 aliphatic heterocycles. The van der Waals surface area contributed by atoms with Crippen LogP contribution in [0.5, 0.6) is 0 Å². The van der Waals surface area contributed by atoms with Crippen LogP contribution < -0.4 is 5.32 Å². The smallest absolute Gasteiger partial charge is 0.320 e. The first-order valence-corrected chi connectivity index (χ1v) is 8.73. The van der Waals surface area contributed by atoms with Crippen LogP contribution in [0.25, 0.3) is 10.9 Å². The third-order valence-corrected chi connectivity index (χ3v) is 4.52. The number of nitrogens with zero attached hydrogens (tertiary/aromatic N) is 2. The van der Waals surface area contributed by atoms with E-state index in [-0.39, 0.29) is 11.9 Å². The van der Waals surface area contributed by atoms with Gasteiger partial charge in [0.25, 0.3) is 0 Å². The monoisotopic (exact) mass is 347 g/mol. The van der Waals surface area contributed by atoms with E-state index in [1.54, 1.807) is 12.3 Å². The summed E-state index contributed by atoms with van der Waals surface area (Å²) in [5.41, 5.74) is 1.48. The van der Waals surface area contributed by atoms with Crippen LogP contribution in [-0.2, 0) is 4.79 Å². The molecular formula is C19H26FN3O2. The Bertz CT molecular complexity index is 719. The van der Waals surface area contributed by atoms with Gasteiger partial charge in [0.15, 0.2) is 0 Å². The molecule has 0 bridgehead atoms. The third-order valence-electron chi connectivity index (χ3n) is 4.52. The molecule has 25 heavy (non-hydrogen) atoms. The number of carbonyl (C=O) groups is 1. The maximum atomic E-state index is 13.3. The van der Waals surface area contributed by atoms with Gasteiger partial charge in [0.1, 0.15) is 11.9 Å². The maximum Gasteiger partial charge on any atom is 0.320 e. The molecule has 0 saturated carbocycles. The van der Waals surface area contributed by atoms with Crippen molar-refractivity contribution in [3.63, 3.8) is 0 Å². The third kappa shape index (κ3) is 4.89. The normalized spacial score (nSPS) is 13.8. The van der Waals surface area contributed by atoms with Gasteiger partial charge in [-0.3, -0.25) is 14.7 Å². The molecule has 1 heterocycles. The number of hydrogen-bond donors (Lipinski definition) is 2. The number of fused-ring (bicyclic) bond motifs is 1. The molecule has 2 unspecified atom stereocenters. The molecule has 2 atom stereocenters. The van der Waals surface area contributed by atoms with E-state index in [2.05, 4.69) is 10.3 Å². The average molecular weight is 347 g/mol. The van der Waals surface area contributed by atoms with Crippen molar-refractivity contribution in [1.29, 1.82) is 0 Å². The van der Waals surface area contributed by atoms with E-state index in [4.69, 9.17) is 0 Å². The number of halogens is 1. The zero-order valence-corrected chi connectivity index (χ0v) is 15.0. The second kappa shape index (κ2) is 8.76. The second-order valence-electron chi connectivity index (χ2n) is 6.22. The van der Waals surface area contributed by atoms with E-state index in [0.717, 1.165) is 30.6 Å². The molecular weight excluding hydrogens is 321 g/mol. The first-order valence-electron chi connectivity index (χ1n) is 8.73. The molecule has 0 radical (unpaired) electrons. The highest BCUT2D eigenvalue weighted by Gasteiger charge is 2.23. The van der Waals surface area contributed by atoms with Crippen molar-refractivity contribution in [2.24, 2.45) is 0 Å². The highest BCUT2D eigenvalue weighted by atomic mass is 19.1. The molecule has 2 rings (SSSR count). The summed E-state index contributed by atoms with van der Waals surface area (Å²) in [5, 5.41) is 13.7. The number of carboxylic acids is 1. The summed E-state index contributed by atoms with van der Waals surface area (Å²) in [6.07, 6.45) is 2.94. The lowest BCUT2D eigenvalue weighted by Gasteiger charge is -2.27. The van der Waals surface area contributed by atoms with E-state index in [0.29, 0.717) is 11.9 Å². The molecule has 0 amide bonds. The van der Waals surface area contributed by atoms with Gasteiger partial charge in [0.05, 0.1) is 5.52 Å². The zero-order valence-electron chi connectivity index (χ0n) is 15.0. The lowest BCUT2D eigenvalue weighted by atomic mass is 10.0. The van der Waals surface area contributed by atoms with Crippen LogP contribution in [0, 0.1) is 5.82 Å². The van der Waals surface area contributed by atoms with E-state index in [1.165, 1.54) is 12.1 Å². The predicted molar refractivity (Wildman–Crippen MR) is 98.4 cm³/mol. The Labute approximate surface area is 147 Å². The molecule has 0 spiro atoms. The topological polar surface area (TPSA) is 65.5 Å². The van der Waals surface area contributed by atoms with Gasteiger partial charge in [-0.15, -0.1) is 0 Å². The average Bonchev–Trinajstić information content (AvgIpc) is 2.58. The number of nitrogens with one attached hydrogen (secondary N) is 1. The highest BCUT2D eigenvalue weighted by Crippen LogP contribution is 2.23. The van der Waals surface area contributed by atoms with E-state index >= 15 is 0 Å². The standard InChI is InChI=1S/C19H26FN3O2/c1-4-23(5-2)18(19(24)25)9-6-13(3)22-16-10-11-21-17-12-14(20)7-8-15(16)17/h7-8,10-13,18H,4-6,9H2,1-3H3,(H,21,22)(H,24,25). The Morgan fingerprint density at radius 1 is 1.28 bits per heavy atom. The predicted octanol–water partition coefficient (Wildman–Crippen LogP) is 3.75. The quantitative estimate of drug-likeness (QED) is 0.723. The van der Waals surface area contributed by atoms with Crippen LogP contribution in [0.3, 0.4) is 0 Å². The Kier molecular flexibility index (Phi) is 6.70. The number of anilines is 1. The SMILES string of the molecule is CCN(CC)C(CCC(C)Nc1ccnc2cc(F)ccc12)C(=O)O. The molecule has 5 nitrogen and oxygen atoms in total. The Morgan fingerprint density at radius 3 is 2.64 bits per heavy atom. The van der Waals surface area contributed by atoms with Gasteiger partial charge >= 0.3 is 5.97 Å². The molecule has 0 aliphatic carbocycles. The lowest BCUT2D eigenvalue weighted by molar-refractivity contribution is -0.143. The number of aliphatic carboxylic acids is 1. The number of benzene rings is 1. The fraction of sp³-hybridized carbons (Fsp3) is 0.474. The van der Waals surface area contributed by atoms with Crippen molar-refractivity contribution >= 4 is 22.6 Å². The van der Waals surface area contributed by atoms with Gasteiger partial charge in [-0.1, -0.05) is 13.8 Å². The van der Waals surface area contributed by atoms with Crippen molar-refractivity contribution in [2.75, 3.05) is 18.4 Å². The summed E-state index contributed by atoms with van der Waals surface area (Å²) >= 11 is 0. The number of carboxylic acid groups (broad SMARTS) is 1. The lowest BCUT2D eigenvalue weighted by Crippen LogP contribution is -2.41. The first-order chi connectivity index (χ1) is 12.0. The van der Waals surface area contributed by atoms with E-state index in [9.17, 15) is 14.3 Å². The minimum absolute atomic E-state index is 0.0908. The summed E-state index contributed by atoms with van der Waals surface area (Å²) in [6, 6.07) is 6.01.